The maximum atomic E-state index is 13.7. The molecule has 13 heteroatoms. The lowest BCUT2D eigenvalue weighted by molar-refractivity contribution is 0.0804. The number of hydrogen-bond donors (Lipinski definition) is 0. The zero-order chi connectivity index (χ0) is 24.8. The van der Waals surface area contributed by atoms with Gasteiger partial charge in [-0.05, 0) is 32.1 Å². The van der Waals surface area contributed by atoms with E-state index >= 15 is 0 Å². The number of hydrogen-bond acceptors (Lipinski definition) is 7. The molecule has 0 spiro atoms. The second-order valence-corrected chi connectivity index (χ2v) is 13.4. The molecule has 0 aliphatic heterocycles. The SMILES string of the molecule is CCC(Cl)COP(=O)(OCC(Cl)CC)OC(CC)P(=O)(OCC(Cl)CC)OCC(Cl)CC. The molecule has 0 aromatic carbocycles. The van der Waals surface area contributed by atoms with E-state index in [9.17, 15) is 9.13 Å². The zero-order valence-corrected chi connectivity index (χ0v) is 24.3. The van der Waals surface area contributed by atoms with Gasteiger partial charge in [0.25, 0.3) is 0 Å². The van der Waals surface area contributed by atoms with Crippen LogP contribution in [-0.4, -0.2) is 53.8 Å². The van der Waals surface area contributed by atoms with Crippen molar-refractivity contribution in [2.24, 2.45) is 0 Å². The normalized spacial score (nSPS) is 20.7. The molecule has 0 aromatic heterocycles. The van der Waals surface area contributed by atoms with Crippen LogP contribution in [0.25, 0.3) is 0 Å². The van der Waals surface area contributed by atoms with Crippen molar-refractivity contribution in [3.63, 3.8) is 0 Å². The molecular formula is C19H38Cl4O7P2. The van der Waals surface area contributed by atoms with Crippen LogP contribution in [-0.2, 0) is 31.7 Å². The van der Waals surface area contributed by atoms with E-state index in [-0.39, 0.29) is 43.6 Å². The van der Waals surface area contributed by atoms with E-state index in [1.807, 2.05) is 27.7 Å². The Morgan fingerprint density at radius 1 is 0.562 bits per heavy atom. The number of phosphoric ester groups is 1. The fourth-order valence-electron chi connectivity index (χ4n) is 1.99. The van der Waals surface area contributed by atoms with Crippen LogP contribution in [0.5, 0.6) is 0 Å². The Labute approximate surface area is 213 Å². The molecule has 0 aromatic rings. The molecule has 0 radical (unpaired) electrons. The van der Waals surface area contributed by atoms with E-state index in [4.69, 9.17) is 69.0 Å². The summed E-state index contributed by atoms with van der Waals surface area (Å²) >= 11 is 24.5. The highest BCUT2D eigenvalue weighted by Crippen LogP contribution is 2.62. The molecule has 0 aliphatic carbocycles. The Hall–Kier alpha value is 1.42. The van der Waals surface area contributed by atoms with Gasteiger partial charge in [0.05, 0.1) is 47.9 Å². The van der Waals surface area contributed by atoms with Gasteiger partial charge < -0.3 is 9.05 Å². The monoisotopic (exact) mass is 580 g/mol. The molecule has 0 aliphatic rings. The van der Waals surface area contributed by atoms with Crippen LogP contribution in [0.15, 0.2) is 0 Å². The minimum Gasteiger partial charge on any atom is -0.305 e. The summed E-state index contributed by atoms with van der Waals surface area (Å²) in [6, 6.07) is 0. The lowest BCUT2D eigenvalue weighted by Crippen LogP contribution is -2.22. The molecule has 7 nitrogen and oxygen atoms in total. The maximum Gasteiger partial charge on any atom is 0.475 e. The third-order valence-corrected chi connectivity index (χ3v) is 9.96. The predicted molar refractivity (Wildman–Crippen MR) is 134 cm³/mol. The quantitative estimate of drug-likeness (QED) is 0.106. The van der Waals surface area contributed by atoms with Crippen molar-refractivity contribution in [1.29, 1.82) is 0 Å². The van der Waals surface area contributed by atoms with Gasteiger partial charge in [-0.3, -0.25) is 18.1 Å². The molecule has 0 N–H and O–H groups in total. The highest BCUT2D eigenvalue weighted by Gasteiger charge is 2.43. The first-order valence-corrected chi connectivity index (χ1v) is 15.8. The van der Waals surface area contributed by atoms with E-state index in [2.05, 4.69) is 0 Å². The first-order chi connectivity index (χ1) is 15.0. The summed E-state index contributed by atoms with van der Waals surface area (Å²) in [6.45, 7) is 8.89. The first kappa shape index (κ1) is 33.4. The Morgan fingerprint density at radius 2 is 0.875 bits per heavy atom. The molecule has 5 unspecified atom stereocenters. The summed E-state index contributed by atoms with van der Waals surface area (Å²) in [5, 5.41) is -1.58. The molecule has 32 heavy (non-hydrogen) atoms. The van der Waals surface area contributed by atoms with Gasteiger partial charge in [0.2, 0.25) is 0 Å². The summed E-state index contributed by atoms with van der Waals surface area (Å²) in [4.78, 5) is 0. The van der Waals surface area contributed by atoms with Gasteiger partial charge in [-0.2, -0.15) is 0 Å². The van der Waals surface area contributed by atoms with Crippen molar-refractivity contribution >= 4 is 61.8 Å². The van der Waals surface area contributed by atoms with Gasteiger partial charge >= 0.3 is 15.4 Å². The van der Waals surface area contributed by atoms with E-state index in [1.54, 1.807) is 6.92 Å². The fourth-order valence-corrected chi connectivity index (χ4v) is 6.40. The summed E-state index contributed by atoms with van der Waals surface area (Å²) in [5.41, 5.74) is 0. The maximum absolute atomic E-state index is 13.7. The second kappa shape index (κ2) is 17.8. The minimum atomic E-state index is -4.20. The molecule has 5 atom stereocenters. The van der Waals surface area contributed by atoms with Crippen molar-refractivity contribution in [2.45, 2.75) is 94.1 Å². The Bertz CT molecular complexity index is 552. The third kappa shape index (κ3) is 13.5. The molecule has 0 heterocycles. The molecule has 0 saturated carbocycles. The number of halogens is 4. The van der Waals surface area contributed by atoms with Crippen molar-refractivity contribution in [3.05, 3.63) is 0 Å². The van der Waals surface area contributed by atoms with Crippen molar-refractivity contribution < 1.29 is 31.7 Å². The van der Waals surface area contributed by atoms with Gasteiger partial charge in [-0.25, -0.2) is 4.57 Å². The fraction of sp³-hybridized carbons (Fsp3) is 1.00. The van der Waals surface area contributed by atoms with E-state index < -0.39 is 32.0 Å². The predicted octanol–water partition coefficient (Wildman–Crippen LogP) is 8.18. The van der Waals surface area contributed by atoms with Crippen LogP contribution in [0.4, 0.5) is 0 Å². The van der Waals surface area contributed by atoms with Gasteiger partial charge in [0, 0.05) is 0 Å². The first-order valence-electron chi connectivity index (χ1n) is 11.0. The Morgan fingerprint density at radius 3 is 1.16 bits per heavy atom. The standard InChI is InChI=1S/C19H38Cl4O7P2/c1-6-15(20)11-26-31(24,27-12-16(21)7-2)19(10-5)30-32(25,28-13-17(22)8-3)29-14-18(23)9-4/h15-19H,6-14H2,1-5H3. The van der Waals surface area contributed by atoms with Gasteiger partial charge in [0.15, 0.2) is 5.85 Å². The largest absolute Gasteiger partial charge is 0.475 e. The van der Waals surface area contributed by atoms with E-state index in [0.717, 1.165) is 0 Å². The Kier molecular flexibility index (Phi) is 18.6. The van der Waals surface area contributed by atoms with E-state index in [0.29, 0.717) is 25.7 Å². The van der Waals surface area contributed by atoms with Crippen molar-refractivity contribution in [2.75, 3.05) is 26.4 Å². The second-order valence-electron chi connectivity index (χ2n) is 7.16. The topological polar surface area (TPSA) is 80.3 Å². The molecule has 0 amide bonds. The molecule has 0 bridgehead atoms. The highest BCUT2D eigenvalue weighted by molar-refractivity contribution is 7.56. The lowest BCUT2D eigenvalue weighted by atomic mass is 10.4. The van der Waals surface area contributed by atoms with Gasteiger partial charge in [-0.1, -0.05) is 34.6 Å². The molecule has 194 valence electrons. The molecule has 0 fully saturated rings. The van der Waals surface area contributed by atoms with Crippen molar-refractivity contribution in [3.8, 4) is 0 Å². The summed E-state index contributed by atoms with van der Waals surface area (Å²) in [6.07, 6.45) is 2.50. The third-order valence-electron chi connectivity index (χ3n) is 4.42. The van der Waals surface area contributed by atoms with Crippen molar-refractivity contribution in [1.82, 2.24) is 0 Å². The molecule has 0 saturated heterocycles. The summed E-state index contributed by atoms with van der Waals surface area (Å²) < 4.78 is 54.8. The van der Waals surface area contributed by atoms with Gasteiger partial charge in [-0.15, -0.1) is 46.4 Å². The van der Waals surface area contributed by atoms with Crippen LogP contribution in [0.3, 0.4) is 0 Å². The Balaban J connectivity index is 5.70. The average molecular weight is 582 g/mol. The average Bonchev–Trinajstić information content (AvgIpc) is 2.81. The van der Waals surface area contributed by atoms with Crippen LogP contribution in [0.2, 0.25) is 0 Å². The zero-order valence-electron chi connectivity index (χ0n) is 19.5. The van der Waals surface area contributed by atoms with Crippen LogP contribution >= 0.6 is 61.8 Å². The minimum absolute atomic E-state index is 0.0422. The van der Waals surface area contributed by atoms with E-state index in [1.165, 1.54) is 0 Å². The smallest absolute Gasteiger partial charge is 0.305 e. The van der Waals surface area contributed by atoms with Crippen LogP contribution in [0, 0.1) is 0 Å². The highest BCUT2D eigenvalue weighted by atomic mass is 35.5. The van der Waals surface area contributed by atoms with Gasteiger partial charge in [0.1, 0.15) is 0 Å². The van der Waals surface area contributed by atoms with Crippen LogP contribution < -0.4 is 0 Å². The molecular weight excluding hydrogens is 544 g/mol. The summed E-state index contributed by atoms with van der Waals surface area (Å²) in [5.74, 6) is -1.24. The number of alkyl halides is 4. The van der Waals surface area contributed by atoms with Crippen LogP contribution in [0.1, 0.15) is 66.7 Å². The number of rotatable bonds is 20. The number of phosphoric acid groups is 1. The summed E-state index contributed by atoms with van der Waals surface area (Å²) in [7, 11) is -8.16. The molecule has 0 rings (SSSR count). The lowest BCUT2D eigenvalue weighted by Gasteiger charge is -2.30.